The van der Waals surface area contributed by atoms with Crippen molar-refractivity contribution < 1.29 is 13.2 Å². The Balaban J connectivity index is 1.79. The Hall–Kier alpha value is -2.70. The molecule has 5 nitrogen and oxygen atoms in total. The molecule has 1 amide bonds. The average molecular weight is 382 g/mol. The van der Waals surface area contributed by atoms with Crippen LogP contribution in [0.3, 0.4) is 0 Å². The monoisotopic (exact) mass is 382 g/mol. The lowest BCUT2D eigenvalue weighted by Crippen LogP contribution is -2.27. The Morgan fingerprint density at radius 3 is 2.33 bits per heavy atom. The van der Waals surface area contributed by atoms with Crippen molar-refractivity contribution in [3.8, 4) is 0 Å². The smallest absolute Gasteiger partial charge is 0.251 e. The molecule has 0 bridgehead atoms. The number of carbonyl (C=O) groups excluding carboxylic acids is 1. The van der Waals surface area contributed by atoms with E-state index >= 15 is 0 Å². The summed E-state index contributed by atoms with van der Waals surface area (Å²) in [4.78, 5) is 12.7. The molecule has 3 aromatic rings. The van der Waals surface area contributed by atoms with Gasteiger partial charge in [0.25, 0.3) is 5.91 Å². The van der Waals surface area contributed by atoms with E-state index < -0.39 is 10.0 Å². The Bertz CT molecular complexity index is 1050. The molecule has 27 heavy (non-hydrogen) atoms. The van der Waals surface area contributed by atoms with Gasteiger partial charge in [-0.25, -0.2) is 13.1 Å². The molecule has 0 saturated carbocycles. The summed E-state index contributed by atoms with van der Waals surface area (Å²) in [7, 11) is -3.52. The Morgan fingerprint density at radius 1 is 0.963 bits per heavy atom. The zero-order valence-corrected chi connectivity index (χ0v) is 16.1. The van der Waals surface area contributed by atoms with E-state index in [-0.39, 0.29) is 16.8 Å². The second kappa shape index (κ2) is 7.90. The van der Waals surface area contributed by atoms with Crippen LogP contribution < -0.4 is 10.0 Å². The van der Waals surface area contributed by atoms with Crippen LogP contribution in [0.25, 0.3) is 10.8 Å². The quantitative estimate of drug-likeness (QED) is 0.684. The van der Waals surface area contributed by atoms with Gasteiger partial charge in [0.15, 0.2) is 0 Å². The van der Waals surface area contributed by atoms with Gasteiger partial charge in [-0.2, -0.15) is 0 Å². The van der Waals surface area contributed by atoms with Crippen LogP contribution in [0, 0.1) is 0 Å². The third-order valence-electron chi connectivity index (χ3n) is 4.40. The molecule has 0 aromatic heterocycles. The van der Waals surface area contributed by atoms with Crippen LogP contribution in [0.4, 0.5) is 0 Å². The molecule has 0 saturated heterocycles. The molecular weight excluding hydrogens is 360 g/mol. The van der Waals surface area contributed by atoms with E-state index in [4.69, 9.17) is 0 Å². The minimum atomic E-state index is -3.52. The summed E-state index contributed by atoms with van der Waals surface area (Å²) in [5, 5.41) is 5.20. The van der Waals surface area contributed by atoms with E-state index in [0.29, 0.717) is 12.1 Å². The zero-order chi connectivity index (χ0) is 19.4. The summed E-state index contributed by atoms with van der Waals surface area (Å²) in [6.07, 6.45) is 0. The second-order valence-corrected chi connectivity index (χ2v) is 8.06. The van der Waals surface area contributed by atoms with Gasteiger partial charge in [-0.15, -0.1) is 0 Å². The van der Waals surface area contributed by atoms with Gasteiger partial charge in [0, 0.05) is 12.1 Å². The van der Waals surface area contributed by atoms with Crippen molar-refractivity contribution in [3.63, 3.8) is 0 Å². The molecule has 0 aliphatic heterocycles. The SMILES string of the molecule is CCNS(=O)(=O)c1ccc(C(=O)NC(C)c2cccc3ccccc23)cc1. The fourth-order valence-electron chi connectivity index (χ4n) is 3.04. The largest absolute Gasteiger partial charge is 0.345 e. The fraction of sp³-hybridized carbons (Fsp3) is 0.190. The van der Waals surface area contributed by atoms with Gasteiger partial charge < -0.3 is 5.32 Å². The van der Waals surface area contributed by atoms with E-state index in [0.717, 1.165) is 16.3 Å². The summed E-state index contributed by atoms with van der Waals surface area (Å²) in [6, 6.07) is 19.8. The third-order valence-corrected chi connectivity index (χ3v) is 5.96. The molecule has 0 fully saturated rings. The van der Waals surface area contributed by atoms with E-state index in [1.165, 1.54) is 24.3 Å². The van der Waals surface area contributed by atoms with E-state index in [2.05, 4.69) is 10.0 Å². The van der Waals surface area contributed by atoms with Crippen LogP contribution in [0.1, 0.15) is 35.8 Å². The molecular formula is C21H22N2O3S. The number of amides is 1. The Kier molecular flexibility index (Phi) is 5.58. The number of rotatable bonds is 6. The van der Waals surface area contributed by atoms with E-state index in [1.807, 2.05) is 49.4 Å². The predicted molar refractivity (Wildman–Crippen MR) is 107 cm³/mol. The first-order chi connectivity index (χ1) is 12.9. The van der Waals surface area contributed by atoms with Crippen LogP contribution in [-0.4, -0.2) is 20.9 Å². The van der Waals surface area contributed by atoms with Gasteiger partial charge >= 0.3 is 0 Å². The van der Waals surface area contributed by atoms with Crippen molar-refractivity contribution in [2.45, 2.75) is 24.8 Å². The third kappa shape index (κ3) is 4.18. The first-order valence-electron chi connectivity index (χ1n) is 8.80. The van der Waals surface area contributed by atoms with Gasteiger partial charge in [-0.3, -0.25) is 4.79 Å². The van der Waals surface area contributed by atoms with Gasteiger partial charge in [0.2, 0.25) is 10.0 Å². The number of nitrogens with one attached hydrogen (secondary N) is 2. The molecule has 3 aromatic carbocycles. The van der Waals surface area contributed by atoms with E-state index in [9.17, 15) is 13.2 Å². The number of benzene rings is 3. The van der Waals surface area contributed by atoms with Crippen molar-refractivity contribution in [2.24, 2.45) is 0 Å². The van der Waals surface area contributed by atoms with Crippen molar-refractivity contribution in [1.29, 1.82) is 0 Å². The van der Waals surface area contributed by atoms with Crippen molar-refractivity contribution in [2.75, 3.05) is 6.54 Å². The molecule has 140 valence electrons. The van der Waals surface area contributed by atoms with Crippen LogP contribution >= 0.6 is 0 Å². The van der Waals surface area contributed by atoms with Crippen LogP contribution in [0.5, 0.6) is 0 Å². The maximum Gasteiger partial charge on any atom is 0.251 e. The minimum Gasteiger partial charge on any atom is -0.345 e. The van der Waals surface area contributed by atoms with Crippen LogP contribution in [0.2, 0.25) is 0 Å². The first kappa shape index (κ1) is 19.1. The standard InChI is InChI=1S/C21H22N2O3S/c1-3-22-27(25,26)18-13-11-17(12-14-18)21(24)23-15(2)19-10-6-8-16-7-4-5-9-20(16)19/h4-15,22H,3H2,1-2H3,(H,23,24). The molecule has 0 aliphatic rings. The van der Waals surface area contributed by atoms with Gasteiger partial charge in [-0.05, 0) is 47.5 Å². The fourth-order valence-corrected chi connectivity index (χ4v) is 4.09. The second-order valence-electron chi connectivity index (χ2n) is 6.29. The van der Waals surface area contributed by atoms with Crippen molar-refractivity contribution >= 4 is 26.7 Å². The molecule has 0 heterocycles. The molecule has 2 N–H and O–H groups in total. The van der Waals surface area contributed by atoms with Crippen LogP contribution in [0.15, 0.2) is 71.6 Å². The van der Waals surface area contributed by atoms with Crippen molar-refractivity contribution in [3.05, 3.63) is 77.9 Å². The van der Waals surface area contributed by atoms with Crippen molar-refractivity contribution in [1.82, 2.24) is 10.0 Å². The summed E-state index contributed by atoms with van der Waals surface area (Å²) >= 11 is 0. The highest BCUT2D eigenvalue weighted by Gasteiger charge is 2.16. The number of carbonyl (C=O) groups is 1. The number of hydrogen-bond acceptors (Lipinski definition) is 3. The molecule has 1 unspecified atom stereocenters. The highest BCUT2D eigenvalue weighted by atomic mass is 32.2. The minimum absolute atomic E-state index is 0.142. The topological polar surface area (TPSA) is 75.3 Å². The number of fused-ring (bicyclic) bond motifs is 1. The molecule has 1 atom stereocenters. The molecule has 0 spiro atoms. The summed E-state index contributed by atoms with van der Waals surface area (Å²) in [5.74, 6) is -0.247. The normalized spacial score (nSPS) is 12.7. The average Bonchev–Trinajstić information content (AvgIpc) is 2.67. The molecule has 0 radical (unpaired) electrons. The Morgan fingerprint density at radius 2 is 1.63 bits per heavy atom. The van der Waals surface area contributed by atoms with Crippen LogP contribution in [-0.2, 0) is 10.0 Å². The number of hydrogen-bond donors (Lipinski definition) is 2. The number of sulfonamides is 1. The zero-order valence-electron chi connectivity index (χ0n) is 15.3. The van der Waals surface area contributed by atoms with E-state index in [1.54, 1.807) is 6.92 Å². The summed E-state index contributed by atoms with van der Waals surface area (Å²) in [6.45, 7) is 3.96. The Labute approximate surface area is 159 Å². The lowest BCUT2D eigenvalue weighted by Gasteiger charge is -2.17. The summed E-state index contributed by atoms with van der Waals surface area (Å²) in [5.41, 5.74) is 1.45. The lowest BCUT2D eigenvalue weighted by atomic mass is 9.99. The highest BCUT2D eigenvalue weighted by molar-refractivity contribution is 7.89. The highest BCUT2D eigenvalue weighted by Crippen LogP contribution is 2.24. The maximum absolute atomic E-state index is 12.6. The molecule has 0 aliphatic carbocycles. The molecule has 6 heteroatoms. The predicted octanol–water partition coefficient (Wildman–Crippen LogP) is 3.63. The lowest BCUT2D eigenvalue weighted by molar-refractivity contribution is 0.0940. The van der Waals surface area contributed by atoms with Gasteiger partial charge in [-0.1, -0.05) is 49.4 Å². The summed E-state index contributed by atoms with van der Waals surface area (Å²) < 4.78 is 26.4. The van der Waals surface area contributed by atoms with Gasteiger partial charge in [0.05, 0.1) is 10.9 Å². The first-order valence-corrected chi connectivity index (χ1v) is 10.3. The molecule has 3 rings (SSSR count). The maximum atomic E-state index is 12.6. The van der Waals surface area contributed by atoms with Gasteiger partial charge in [0.1, 0.15) is 0 Å².